The number of ether oxygens (including phenoxy) is 1. The lowest BCUT2D eigenvalue weighted by molar-refractivity contribution is -0.384. The van der Waals surface area contributed by atoms with Crippen LogP contribution in [0.1, 0.15) is 31.4 Å². The SMILES string of the molecule is Cc1cc(NC2CCOC(C3CC3)C2)nc(-c2ccc([N+](=O)[O-])cc2)n1. The molecule has 0 bridgehead atoms. The molecule has 136 valence electrons. The summed E-state index contributed by atoms with van der Waals surface area (Å²) in [7, 11) is 0. The molecular weight excluding hydrogens is 332 g/mol. The van der Waals surface area contributed by atoms with E-state index in [1.807, 2.05) is 13.0 Å². The van der Waals surface area contributed by atoms with Crippen LogP contribution in [-0.4, -0.2) is 33.6 Å². The van der Waals surface area contributed by atoms with Gasteiger partial charge in [0.1, 0.15) is 5.82 Å². The number of rotatable bonds is 5. The Morgan fingerprint density at radius 3 is 2.65 bits per heavy atom. The van der Waals surface area contributed by atoms with Gasteiger partial charge in [-0.25, -0.2) is 9.97 Å². The van der Waals surface area contributed by atoms with Gasteiger partial charge < -0.3 is 10.1 Å². The van der Waals surface area contributed by atoms with Gasteiger partial charge in [-0.2, -0.15) is 0 Å². The average molecular weight is 354 g/mol. The number of hydrogen-bond donors (Lipinski definition) is 1. The summed E-state index contributed by atoms with van der Waals surface area (Å²) in [5, 5.41) is 14.3. The van der Waals surface area contributed by atoms with Crippen molar-refractivity contribution in [2.45, 2.75) is 44.8 Å². The van der Waals surface area contributed by atoms with Crippen LogP contribution in [0.4, 0.5) is 11.5 Å². The highest BCUT2D eigenvalue weighted by molar-refractivity contribution is 5.59. The van der Waals surface area contributed by atoms with Gasteiger partial charge in [-0.3, -0.25) is 10.1 Å². The van der Waals surface area contributed by atoms with E-state index in [2.05, 4.69) is 15.3 Å². The quantitative estimate of drug-likeness (QED) is 0.650. The van der Waals surface area contributed by atoms with Gasteiger partial charge in [0.05, 0.1) is 11.0 Å². The summed E-state index contributed by atoms with van der Waals surface area (Å²) in [5.74, 6) is 2.11. The Balaban J connectivity index is 1.51. The molecule has 7 heteroatoms. The molecule has 7 nitrogen and oxygen atoms in total. The number of anilines is 1. The summed E-state index contributed by atoms with van der Waals surface area (Å²) >= 11 is 0. The number of benzene rings is 1. The van der Waals surface area contributed by atoms with Crippen molar-refractivity contribution in [2.24, 2.45) is 5.92 Å². The van der Waals surface area contributed by atoms with Crippen LogP contribution >= 0.6 is 0 Å². The molecule has 2 aliphatic rings. The Morgan fingerprint density at radius 2 is 1.96 bits per heavy atom. The van der Waals surface area contributed by atoms with Crippen molar-refractivity contribution in [1.29, 1.82) is 0 Å². The smallest absolute Gasteiger partial charge is 0.269 e. The van der Waals surface area contributed by atoms with Crippen LogP contribution in [0.5, 0.6) is 0 Å². The number of nitrogens with zero attached hydrogens (tertiary/aromatic N) is 3. The van der Waals surface area contributed by atoms with Crippen molar-refractivity contribution in [3.8, 4) is 11.4 Å². The third-order valence-electron chi connectivity index (χ3n) is 5.01. The maximum atomic E-state index is 10.8. The molecule has 1 aromatic heterocycles. The number of nitro benzene ring substituents is 1. The van der Waals surface area contributed by atoms with Gasteiger partial charge in [0, 0.05) is 42.1 Å². The van der Waals surface area contributed by atoms with E-state index >= 15 is 0 Å². The fourth-order valence-corrected chi connectivity index (χ4v) is 3.47. The normalized spacial score (nSPS) is 22.8. The highest BCUT2D eigenvalue weighted by atomic mass is 16.6. The summed E-state index contributed by atoms with van der Waals surface area (Å²) < 4.78 is 5.89. The number of non-ortho nitro benzene ring substituents is 1. The lowest BCUT2D eigenvalue weighted by Gasteiger charge is -2.30. The maximum absolute atomic E-state index is 10.8. The van der Waals surface area contributed by atoms with Crippen molar-refractivity contribution in [3.05, 3.63) is 46.1 Å². The highest BCUT2D eigenvalue weighted by Gasteiger charge is 2.35. The van der Waals surface area contributed by atoms with Crippen LogP contribution < -0.4 is 5.32 Å². The minimum absolute atomic E-state index is 0.0630. The van der Waals surface area contributed by atoms with E-state index in [4.69, 9.17) is 4.74 Å². The topological polar surface area (TPSA) is 90.2 Å². The van der Waals surface area contributed by atoms with Gasteiger partial charge in [-0.05, 0) is 50.7 Å². The van der Waals surface area contributed by atoms with Crippen LogP contribution in [-0.2, 0) is 4.74 Å². The van der Waals surface area contributed by atoms with Crippen LogP contribution in [0.25, 0.3) is 11.4 Å². The lowest BCUT2D eigenvalue weighted by Crippen LogP contribution is -2.35. The molecule has 0 radical (unpaired) electrons. The lowest BCUT2D eigenvalue weighted by atomic mass is 10.00. The first kappa shape index (κ1) is 16.9. The Hall–Kier alpha value is -2.54. The largest absolute Gasteiger partial charge is 0.378 e. The average Bonchev–Trinajstić information content (AvgIpc) is 3.47. The van der Waals surface area contributed by atoms with E-state index in [1.54, 1.807) is 12.1 Å². The third kappa shape index (κ3) is 3.83. The standard InChI is InChI=1S/C19H22N4O3/c1-12-10-18(21-15-8-9-26-17(11-15)13-2-3-13)22-19(20-12)14-4-6-16(7-5-14)23(24)25/h4-7,10,13,15,17H,2-3,8-9,11H2,1H3,(H,20,21,22). The third-order valence-corrected chi connectivity index (χ3v) is 5.01. The van der Waals surface area contributed by atoms with Crippen LogP contribution in [0.15, 0.2) is 30.3 Å². The Labute approximate surface area is 152 Å². The number of nitrogens with one attached hydrogen (secondary N) is 1. The van der Waals surface area contributed by atoms with Crippen molar-refractivity contribution >= 4 is 11.5 Å². The van der Waals surface area contributed by atoms with Crippen LogP contribution in [0.2, 0.25) is 0 Å². The Kier molecular flexibility index (Phi) is 4.55. The molecule has 4 rings (SSSR count). The predicted octanol–water partition coefficient (Wildman–Crippen LogP) is 3.73. The van der Waals surface area contributed by atoms with Crippen LogP contribution in [0, 0.1) is 23.0 Å². The highest BCUT2D eigenvalue weighted by Crippen LogP contribution is 2.38. The van der Waals surface area contributed by atoms with E-state index in [9.17, 15) is 10.1 Å². The molecule has 2 fully saturated rings. The summed E-state index contributed by atoms with van der Waals surface area (Å²) in [6.45, 7) is 2.72. The van der Waals surface area contributed by atoms with E-state index < -0.39 is 4.92 Å². The second-order valence-corrected chi connectivity index (χ2v) is 7.13. The fourth-order valence-electron chi connectivity index (χ4n) is 3.47. The molecule has 1 aliphatic carbocycles. The monoisotopic (exact) mass is 354 g/mol. The second kappa shape index (κ2) is 6.99. The van der Waals surface area contributed by atoms with Gasteiger partial charge in [0.25, 0.3) is 5.69 Å². The number of aryl methyl sites for hydroxylation is 1. The maximum Gasteiger partial charge on any atom is 0.269 e. The van der Waals surface area contributed by atoms with Crippen molar-refractivity contribution in [3.63, 3.8) is 0 Å². The Bertz CT molecular complexity index is 805. The number of aromatic nitrogens is 2. The van der Waals surface area contributed by atoms with Gasteiger partial charge in [-0.1, -0.05) is 0 Å². The molecule has 1 saturated carbocycles. The fraction of sp³-hybridized carbons (Fsp3) is 0.474. The first-order chi connectivity index (χ1) is 12.6. The summed E-state index contributed by atoms with van der Waals surface area (Å²) in [5.41, 5.74) is 1.69. The molecule has 2 atom stereocenters. The van der Waals surface area contributed by atoms with E-state index in [0.717, 1.165) is 42.4 Å². The molecule has 2 unspecified atom stereocenters. The molecular formula is C19H22N4O3. The molecule has 1 aliphatic heterocycles. The number of hydrogen-bond acceptors (Lipinski definition) is 6. The first-order valence-corrected chi connectivity index (χ1v) is 9.07. The zero-order chi connectivity index (χ0) is 18.1. The van der Waals surface area contributed by atoms with E-state index in [0.29, 0.717) is 18.0 Å². The first-order valence-electron chi connectivity index (χ1n) is 9.07. The zero-order valence-corrected chi connectivity index (χ0v) is 14.7. The summed E-state index contributed by atoms with van der Waals surface area (Å²) in [4.78, 5) is 19.5. The molecule has 0 amide bonds. The van der Waals surface area contributed by atoms with Crippen LogP contribution in [0.3, 0.4) is 0 Å². The minimum Gasteiger partial charge on any atom is -0.378 e. The molecule has 0 spiro atoms. The zero-order valence-electron chi connectivity index (χ0n) is 14.7. The molecule has 1 N–H and O–H groups in total. The Morgan fingerprint density at radius 1 is 1.19 bits per heavy atom. The molecule has 2 heterocycles. The predicted molar refractivity (Wildman–Crippen MR) is 98.0 cm³/mol. The molecule has 1 saturated heterocycles. The van der Waals surface area contributed by atoms with Crippen molar-refractivity contribution in [1.82, 2.24) is 9.97 Å². The summed E-state index contributed by atoms with van der Waals surface area (Å²) in [6.07, 6.45) is 4.93. The van der Waals surface area contributed by atoms with E-state index in [-0.39, 0.29) is 5.69 Å². The minimum atomic E-state index is -0.407. The number of nitro groups is 1. The van der Waals surface area contributed by atoms with Crippen molar-refractivity contribution < 1.29 is 9.66 Å². The van der Waals surface area contributed by atoms with E-state index in [1.165, 1.54) is 25.0 Å². The second-order valence-electron chi connectivity index (χ2n) is 7.13. The van der Waals surface area contributed by atoms with Gasteiger partial charge in [0.2, 0.25) is 0 Å². The molecule has 26 heavy (non-hydrogen) atoms. The van der Waals surface area contributed by atoms with Gasteiger partial charge in [-0.15, -0.1) is 0 Å². The van der Waals surface area contributed by atoms with Gasteiger partial charge in [0.15, 0.2) is 5.82 Å². The molecule has 1 aromatic carbocycles. The summed E-state index contributed by atoms with van der Waals surface area (Å²) in [6, 6.07) is 8.63. The molecule has 2 aromatic rings. The van der Waals surface area contributed by atoms with Crippen molar-refractivity contribution in [2.75, 3.05) is 11.9 Å². The van der Waals surface area contributed by atoms with Gasteiger partial charge >= 0.3 is 0 Å².